The quantitative estimate of drug-likeness (QED) is 0.627. The zero-order chi connectivity index (χ0) is 7.03. The first-order valence-electron chi connectivity index (χ1n) is 4.58. The van der Waals surface area contributed by atoms with Gasteiger partial charge in [-0.2, -0.15) is 0 Å². The van der Waals surface area contributed by atoms with Crippen LogP contribution in [0.25, 0.3) is 0 Å². The fourth-order valence-corrected chi connectivity index (χ4v) is 1.48. The highest BCUT2D eigenvalue weighted by Crippen LogP contribution is 2.48. The topological polar surface area (TPSA) is 12.0 Å². The number of rotatable bonds is 4. The highest BCUT2D eigenvalue weighted by molar-refractivity contribution is 4.95. The Morgan fingerprint density at radius 2 is 2.10 bits per heavy atom. The second-order valence-corrected chi connectivity index (χ2v) is 4.01. The summed E-state index contributed by atoms with van der Waals surface area (Å²) in [5.41, 5.74) is 0.753. The summed E-state index contributed by atoms with van der Waals surface area (Å²) < 4.78 is 0. The molecule has 58 valence electrons. The zero-order valence-corrected chi connectivity index (χ0v) is 6.82. The van der Waals surface area contributed by atoms with E-state index in [0.29, 0.717) is 0 Å². The van der Waals surface area contributed by atoms with Gasteiger partial charge in [0, 0.05) is 12.6 Å². The lowest BCUT2D eigenvalue weighted by atomic mass is 10.0. The van der Waals surface area contributed by atoms with Gasteiger partial charge in [-0.15, -0.1) is 0 Å². The molecule has 2 rings (SSSR count). The van der Waals surface area contributed by atoms with E-state index in [-0.39, 0.29) is 0 Å². The molecule has 0 heterocycles. The molecule has 2 saturated carbocycles. The van der Waals surface area contributed by atoms with Gasteiger partial charge in [0.1, 0.15) is 0 Å². The van der Waals surface area contributed by atoms with Crippen LogP contribution in [0.5, 0.6) is 0 Å². The Bertz CT molecular complexity index is 123. The fourth-order valence-electron chi connectivity index (χ4n) is 1.48. The molecular weight excluding hydrogens is 122 g/mol. The second-order valence-electron chi connectivity index (χ2n) is 4.01. The Morgan fingerprint density at radius 3 is 2.50 bits per heavy atom. The molecule has 0 aromatic heterocycles. The summed E-state index contributed by atoms with van der Waals surface area (Å²) in [7, 11) is 0. The predicted octanol–water partition coefficient (Wildman–Crippen LogP) is 1.93. The van der Waals surface area contributed by atoms with Crippen molar-refractivity contribution >= 4 is 0 Å². The van der Waals surface area contributed by atoms with Gasteiger partial charge in [0.05, 0.1) is 0 Å². The average Bonchev–Trinajstić information content (AvgIpc) is 2.83. The molecular formula is C9H17N. The van der Waals surface area contributed by atoms with E-state index in [1.165, 1.54) is 38.6 Å². The molecule has 0 aromatic carbocycles. The molecule has 2 fully saturated rings. The molecule has 1 N–H and O–H groups in total. The van der Waals surface area contributed by atoms with Gasteiger partial charge in [-0.1, -0.05) is 6.92 Å². The van der Waals surface area contributed by atoms with Gasteiger partial charge in [0.2, 0.25) is 0 Å². The smallest absolute Gasteiger partial charge is 0.00684 e. The Labute approximate surface area is 63.2 Å². The molecule has 0 radical (unpaired) electrons. The summed E-state index contributed by atoms with van der Waals surface area (Å²) in [4.78, 5) is 0. The second kappa shape index (κ2) is 2.23. The van der Waals surface area contributed by atoms with Gasteiger partial charge in [-0.05, 0) is 37.5 Å². The van der Waals surface area contributed by atoms with Gasteiger partial charge in [-0.3, -0.25) is 0 Å². The van der Waals surface area contributed by atoms with Crippen molar-refractivity contribution in [2.45, 2.75) is 45.1 Å². The molecule has 1 heteroatoms. The zero-order valence-electron chi connectivity index (χ0n) is 6.82. The van der Waals surface area contributed by atoms with Crippen molar-refractivity contribution < 1.29 is 0 Å². The van der Waals surface area contributed by atoms with Crippen LogP contribution in [-0.4, -0.2) is 12.6 Å². The summed E-state index contributed by atoms with van der Waals surface area (Å²) in [6.45, 7) is 3.62. The van der Waals surface area contributed by atoms with Crippen molar-refractivity contribution in [2.24, 2.45) is 5.41 Å². The van der Waals surface area contributed by atoms with Crippen molar-refractivity contribution in [3.63, 3.8) is 0 Å². The van der Waals surface area contributed by atoms with Gasteiger partial charge in [0.15, 0.2) is 0 Å². The van der Waals surface area contributed by atoms with E-state index in [1.807, 2.05) is 0 Å². The van der Waals surface area contributed by atoms with E-state index in [9.17, 15) is 0 Å². The lowest BCUT2D eigenvalue weighted by Crippen LogP contribution is -2.25. The van der Waals surface area contributed by atoms with Gasteiger partial charge in [-0.25, -0.2) is 0 Å². The SMILES string of the molecule is CCC1(CNC2CC2)CC1. The minimum atomic E-state index is 0.753. The maximum Gasteiger partial charge on any atom is 0.00684 e. The Morgan fingerprint density at radius 1 is 1.40 bits per heavy atom. The molecule has 10 heavy (non-hydrogen) atoms. The van der Waals surface area contributed by atoms with Crippen LogP contribution >= 0.6 is 0 Å². The van der Waals surface area contributed by atoms with Crippen LogP contribution in [0.2, 0.25) is 0 Å². The minimum Gasteiger partial charge on any atom is -0.313 e. The van der Waals surface area contributed by atoms with Gasteiger partial charge in [0.25, 0.3) is 0 Å². The first-order chi connectivity index (χ1) is 4.85. The third-order valence-electron chi connectivity index (χ3n) is 3.05. The maximum atomic E-state index is 3.61. The van der Waals surface area contributed by atoms with Crippen LogP contribution in [0.4, 0.5) is 0 Å². The summed E-state index contributed by atoms with van der Waals surface area (Å²) in [5.74, 6) is 0. The van der Waals surface area contributed by atoms with Crippen molar-refractivity contribution in [3.05, 3.63) is 0 Å². The van der Waals surface area contributed by atoms with Crippen molar-refractivity contribution in [1.82, 2.24) is 5.32 Å². The standard InChI is InChI=1S/C9H17N/c1-2-9(5-6-9)7-10-8-3-4-8/h8,10H,2-7H2,1H3. The van der Waals surface area contributed by atoms with E-state index in [0.717, 1.165) is 11.5 Å². The van der Waals surface area contributed by atoms with E-state index >= 15 is 0 Å². The van der Waals surface area contributed by atoms with Crippen molar-refractivity contribution in [2.75, 3.05) is 6.54 Å². The third kappa shape index (κ3) is 1.34. The first-order valence-corrected chi connectivity index (χ1v) is 4.58. The Balaban J connectivity index is 1.68. The lowest BCUT2D eigenvalue weighted by molar-refractivity contribution is 0.442. The van der Waals surface area contributed by atoms with Crippen LogP contribution in [-0.2, 0) is 0 Å². The largest absolute Gasteiger partial charge is 0.313 e. The molecule has 0 aromatic rings. The van der Waals surface area contributed by atoms with E-state index < -0.39 is 0 Å². The Hall–Kier alpha value is -0.0400. The van der Waals surface area contributed by atoms with Crippen molar-refractivity contribution in [1.29, 1.82) is 0 Å². The van der Waals surface area contributed by atoms with Crippen LogP contribution in [0.3, 0.4) is 0 Å². The maximum absolute atomic E-state index is 3.61. The highest BCUT2D eigenvalue weighted by Gasteiger charge is 2.41. The van der Waals surface area contributed by atoms with Crippen LogP contribution < -0.4 is 5.32 Å². The molecule has 2 aliphatic carbocycles. The first kappa shape index (κ1) is 6.66. The van der Waals surface area contributed by atoms with Crippen molar-refractivity contribution in [3.8, 4) is 0 Å². The summed E-state index contributed by atoms with van der Waals surface area (Å²) in [5, 5.41) is 3.61. The third-order valence-corrected chi connectivity index (χ3v) is 3.05. The summed E-state index contributed by atoms with van der Waals surface area (Å²) in [6.07, 6.45) is 7.19. The van der Waals surface area contributed by atoms with E-state index in [1.54, 1.807) is 0 Å². The molecule has 0 amide bonds. The molecule has 0 unspecified atom stereocenters. The average molecular weight is 139 g/mol. The van der Waals surface area contributed by atoms with Crippen LogP contribution in [0, 0.1) is 5.41 Å². The molecule has 0 saturated heterocycles. The molecule has 0 bridgehead atoms. The highest BCUT2D eigenvalue weighted by atomic mass is 15.0. The van der Waals surface area contributed by atoms with Gasteiger partial charge < -0.3 is 5.32 Å². The normalized spacial score (nSPS) is 28.5. The summed E-state index contributed by atoms with van der Waals surface area (Å²) >= 11 is 0. The Kier molecular flexibility index (Phi) is 1.48. The van der Waals surface area contributed by atoms with Crippen LogP contribution in [0.15, 0.2) is 0 Å². The molecule has 0 aliphatic heterocycles. The predicted molar refractivity (Wildman–Crippen MR) is 43.0 cm³/mol. The van der Waals surface area contributed by atoms with E-state index in [2.05, 4.69) is 12.2 Å². The monoisotopic (exact) mass is 139 g/mol. The molecule has 0 spiro atoms. The summed E-state index contributed by atoms with van der Waals surface area (Å²) in [6, 6.07) is 0.907. The van der Waals surface area contributed by atoms with Gasteiger partial charge >= 0.3 is 0 Å². The number of hydrogen-bond donors (Lipinski definition) is 1. The van der Waals surface area contributed by atoms with E-state index in [4.69, 9.17) is 0 Å². The number of nitrogens with one attached hydrogen (secondary N) is 1. The minimum absolute atomic E-state index is 0.753. The fraction of sp³-hybridized carbons (Fsp3) is 1.00. The molecule has 0 atom stereocenters. The molecule has 2 aliphatic rings. The lowest BCUT2D eigenvalue weighted by Gasteiger charge is -2.12. The number of hydrogen-bond acceptors (Lipinski definition) is 1. The van der Waals surface area contributed by atoms with Crippen LogP contribution in [0.1, 0.15) is 39.0 Å². The molecule has 1 nitrogen and oxygen atoms in total.